The number of amides is 1. The second-order valence-electron chi connectivity index (χ2n) is 6.59. The van der Waals surface area contributed by atoms with E-state index in [1.54, 1.807) is 4.90 Å². The molecule has 0 bridgehead atoms. The second kappa shape index (κ2) is 7.81. The van der Waals surface area contributed by atoms with Gasteiger partial charge in [-0.3, -0.25) is 4.79 Å². The summed E-state index contributed by atoms with van der Waals surface area (Å²) >= 11 is 1.49. The van der Waals surface area contributed by atoms with Crippen molar-refractivity contribution in [1.82, 2.24) is 5.32 Å². The molecule has 0 unspecified atom stereocenters. The van der Waals surface area contributed by atoms with Crippen molar-refractivity contribution in [3.63, 3.8) is 0 Å². The number of anilines is 1. The fraction of sp³-hybridized carbons (Fsp3) is 0.421. The first kappa shape index (κ1) is 17.0. The van der Waals surface area contributed by atoms with Gasteiger partial charge in [0.15, 0.2) is 0 Å². The molecule has 1 aliphatic heterocycles. The van der Waals surface area contributed by atoms with Crippen LogP contribution in [0.2, 0.25) is 0 Å². The molecule has 0 spiro atoms. The van der Waals surface area contributed by atoms with Gasteiger partial charge in [-0.05, 0) is 23.6 Å². The predicted molar refractivity (Wildman–Crippen MR) is 100 cm³/mol. The lowest BCUT2D eigenvalue weighted by Crippen LogP contribution is -3.11. The number of hydrogen-bond donors (Lipinski definition) is 2. The molecule has 1 aromatic heterocycles. The third-order valence-electron chi connectivity index (χ3n) is 4.76. The van der Waals surface area contributed by atoms with E-state index in [9.17, 15) is 4.79 Å². The third kappa shape index (κ3) is 3.97. The highest BCUT2D eigenvalue weighted by Gasteiger charge is 2.28. The molecule has 128 valence electrons. The summed E-state index contributed by atoms with van der Waals surface area (Å²) in [5.74, 6) is 0.0403. The van der Waals surface area contributed by atoms with E-state index in [4.69, 9.17) is 0 Å². The zero-order chi connectivity index (χ0) is 16.9. The second-order valence-corrected chi connectivity index (χ2v) is 7.54. The highest BCUT2D eigenvalue weighted by Crippen LogP contribution is 2.17. The number of thiophene rings is 1. The quantitative estimate of drug-likeness (QED) is 0.841. The number of carbonyl (C=O) groups is 1. The molecule has 1 fully saturated rings. The van der Waals surface area contributed by atoms with Crippen molar-refractivity contribution in [2.75, 3.05) is 38.6 Å². The summed E-state index contributed by atoms with van der Waals surface area (Å²) in [5.41, 5.74) is 2.51. The molecule has 4 nitrogen and oxygen atoms in total. The first-order chi connectivity index (χ1) is 11.6. The Balaban J connectivity index is 1.72. The van der Waals surface area contributed by atoms with Crippen molar-refractivity contribution in [3.05, 3.63) is 52.2 Å². The van der Waals surface area contributed by atoms with E-state index in [2.05, 4.69) is 48.6 Å². The van der Waals surface area contributed by atoms with Crippen LogP contribution in [-0.4, -0.2) is 39.6 Å². The minimum Gasteiger partial charge on any atom is -0.378 e. The molecule has 24 heavy (non-hydrogen) atoms. The summed E-state index contributed by atoms with van der Waals surface area (Å²) in [5, 5.41) is 5.08. The number of nitrogens with one attached hydrogen (secondary N) is 2. The molecule has 2 aromatic rings. The molecule has 0 saturated carbocycles. The van der Waals surface area contributed by atoms with Crippen molar-refractivity contribution in [1.29, 1.82) is 0 Å². The summed E-state index contributed by atoms with van der Waals surface area (Å²) in [4.78, 5) is 16.8. The lowest BCUT2D eigenvalue weighted by Gasteiger charge is -2.25. The van der Waals surface area contributed by atoms with E-state index in [0.29, 0.717) is 12.6 Å². The van der Waals surface area contributed by atoms with Gasteiger partial charge >= 0.3 is 0 Å². The van der Waals surface area contributed by atoms with E-state index in [1.165, 1.54) is 48.5 Å². The summed E-state index contributed by atoms with van der Waals surface area (Å²) in [7, 11) is 4.11. The first-order valence-electron chi connectivity index (χ1n) is 8.58. The van der Waals surface area contributed by atoms with Crippen LogP contribution in [0.3, 0.4) is 0 Å². The molecule has 1 aromatic carbocycles. The lowest BCUT2D eigenvalue weighted by molar-refractivity contribution is -0.918. The maximum atomic E-state index is 12.3. The molecule has 0 aliphatic carbocycles. The van der Waals surface area contributed by atoms with E-state index in [-0.39, 0.29) is 5.91 Å². The van der Waals surface area contributed by atoms with E-state index in [0.717, 1.165) is 4.88 Å². The SMILES string of the molecule is CN(C)c1ccc([C@H](CNC(=O)c2cccs2)[NH+]2CCCC2)cc1. The minimum absolute atomic E-state index is 0.0403. The topological polar surface area (TPSA) is 36.8 Å². The number of carbonyl (C=O) groups excluding carboxylic acids is 1. The van der Waals surface area contributed by atoms with Gasteiger partial charge in [0.1, 0.15) is 6.04 Å². The Bertz CT molecular complexity index is 646. The number of quaternary nitrogens is 1. The van der Waals surface area contributed by atoms with Crippen LogP contribution in [0.5, 0.6) is 0 Å². The molecule has 0 radical (unpaired) electrons. The van der Waals surface area contributed by atoms with Gasteiger partial charge in [0.05, 0.1) is 24.5 Å². The van der Waals surface area contributed by atoms with Crippen LogP contribution < -0.4 is 15.1 Å². The monoisotopic (exact) mass is 344 g/mol. The summed E-state index contributed by atoms with van der Waals surface area (Å²) in [6, 6.07) is 12.9. The van der Waals surface area contributed by atoms with Crippen molar-refractivity contribution >= 4 is 22.9 Å². The molecule has 2 heterocycles. The molecule has 2 N–H and O–H groups in total. The smallest absolute Gasteiger partial charge is 0.261 e. The Hall–Kier alpha value is -1.85. The Kier molecular flexibility index (Phi) is 5.53. The Morgan fingerprint density at radius 1 is 1.21 bits per heavy atom. The van der Waals surface area contributed by atoms with Gasteiger partial charge in [0, 0.05) is 38.2 Å². The van der Waals surface area contributed by atoms with Gasteiger partial charge in [0.25, 0.3) is 5.91 Å². The van der Waals surface area contributed by atoms with Crippen molar-refractivity contribution in [2.45, 2.75) is 18.9 Å². The molecule has 1 aliphatic rings. The van der Waals surface area contributed by atoms with Crippen molar-refractivity contribution in [2.24, 2.45) is 0 Å². The average molecular weight is 345 g/mol. The Labute approximate surface area is 148 Å². The number of nitrogens with zero attached hydrogens (tertiary/aromatic N) is 1. The molecule has 5 heteroatoms. The van der Waals surface area contributed by atoms with Gasteiger partial charge in [-0.2, -0.15) is 0 Å². The molecular formula is C19H26N3OS+. The maximum Gasteiger partial charge on any atom is 0.261 e. The van der Waals surface area contributed by atoms with E-state index >= 15 is 0 Å². The maximum absolute atomic E-state index is 12.3. The summed E-state index contributed by atoms with van der Waals surface area (Å²) in [6.07, 6.45) is 2.56. The molecule has 1 amide bonds. The molecular weight excluding hydrogens is 318 g/mol. The Morgan fingerprint density at radius 3 is 2.50 bits per heavy atom. The standard InChI is InChI=1S/C19H25N3OS/c1-21(2)16-9-7-15(8-10-16)17(22-11-3-4-12-22)14-20-19(23)18-6-5-13-24-18/h5-10,13,17H,3-4,11-12,14H2,1-2H3,(H,20,23)/p+1/t17-/m0/s1. The molecule has 3 rings (SSSR count). The number of benzene rings is 1. The molecule has 1 saturated heterocycles. The van der Waals surface area contributed by atoms with Crippen LogP contribution in [0.1, 0.15) is 34.1 Å². The van der Waals surface area contributed by atoms with Gasteiger partial charge < -0.3 is 15.1 Å². The highest BCUT2D eigenvalue weighted by molar-refractivity contribution is 7.12. The van der Waals surface area contributed by atoms with E-state index in [1.807, 2.05) is 17.5 Å². The Morgan fingerprint density at radius 2 is 1.92 bits per heavy atom. The number of likely N-dealkylation sites (tertiary alicyclic amines) is 1. The number of hydrogen-bond acceptors (Lipinski definition) is 3. The fourth-order valence-corrected chi connectivity index (χ4v) is 4.01. The fourth-order valence-electron chi connectivity index (χ4n) is 3.37. The van der Waals surface area contributed by atoms with Crippen LogP contribution in [0.4, 0.5) is 5.69 Å². The van der Waals surface area contributed by atoms with Gasteiger partial charge in [0.2, 0.25) is 0 Å². The van der Waals surface area contributed by atoms with Crippen LogP contribution in [-0.2, 0) is 0 Å². The first-order valence-corrected chi connectivity index (χ1v) is 9.46. The highest BCUT2D eigenvalue weighted by atomic mass is 32.1. The van der Waals surface area contributed by atoms with Crippen LogP contribution in [0, 0.1) is 0 Å². The number of rotatable bonds is 6. The summed E-state index contributed by atoms with van der Waals surface area (Å²) < 4.78 is 0. The zero-order valence-electron chi connectivity index (χ0n) is 14.4. The van der Waals surface area contributed by atoms with Crippen LogP contribution >= 0.6 is 11.3 Å². The van der Waals surface area contributed by atoms with E-state index < -0.39 is 0 Å². The van der Waals surface area contributed by atoms with Gasteiger partial charge in [-0.1, -0.05) is 18.2 Å². The van der Waals surface area contributed by atoms with Gasteiger partial charge in [-0.25, -0.2) is 0 Å². The van der Waals surface area contributed by atoms with Crippen molar-refractivity contribution in [3.8, 4) is 0 Å². The predicted octanol–water partition coefficient (Wildman–Crippen LogP) is 1.96. The third-order valence-corrected chi connectivity index (χ3v) is 5.63. The van der Waals surface area contributed by atoms with Crippen LogP contribution in [0.15, 0.2) is 41.8 Å². The lowest BCUT2D eigenvalue weighted by atomic mass is 10.0. The minimum atomic E-state index is 0.0403. The van der Waals surface area contributed by atoms with Crippen LogP contribution in [0.25, 0.3) is 0 Å². The van der Waals surface area contributed by atoms with Gasteiger partial charge in [-0.15, -0.1) is 11.3 Å². The zero-order valence-corrected chi connectivity index (χ0v) is 15.2. The average Bonchev–Trinajstić information content (AvgIpc) is 3.29. The summed E-state index contributed by atoms with van der Waals surface area (Å²) in [6.45, 7) is 3.07. The largest absolute Gasteiger partial charge is 0.378 e. The molecule has 1 atom stereocenters. The van der Waals surface area contributed by atoms with Crippen molar-refractivity contribution < 1.29 is 9.69 Å². The normalized spacial score (nSPS) is 16.1.